The lowest BCUT2D eigenvalue weighted by atomic mass is 9.79. The van der Waals surface area contributed by atoms with E-state index in [0.717, 1.165) is 22.8 Å². The zero-order valence-corrected chi connectivity index (χ0v) is 11.5. The summed E-state index contributed by atoms with van der Waals surface area (Å²) < 4.78 is 0. The SMILES string of the molecule is CCCCC(C)(C)c1ccc2ccccc2c1O. The molecule has 0 saturated carbocycles. The van der Waals surface area contributed by atoms with Crippen molar-refractivity contribution in [2.45, 2.75) is 45.4 Å². The molecular formula is C17H22O. The summed E-state index contributed by atoms with van der Waals surface area (Å²) in [6, 6.07) is 12.2. The monoisotopic (exact) mass is 242 g/mol. The second-order valence-corrected chi connectivity index (χ2v) is 5.67. The summed E-state index contributed by atoms with van der Waals surface area (Å²) in [5.41, 5.74) is 1.10. The highest BCUT2D eigenvalue weighted by Crippen LogP contribution is 2.39. The lowest BCUT2D eigenvalue weighted by Crippen LogP contribution is -2.17. The van der Waals surface area contributed by atoms with Gasteiger partial charge in [0, 0.05) is 10.9 Å². The molecule has 0 radical (unpaired) electrons. The molecular weight excluding hydrogens is 220 g/mol. The first kappa shape index (κ1) is 12.9. The van der Waals surface area contributed by atoms with Gasteiger partial charge >= 0.3 is 0 Å². The maximum Gasteiger partial charge on any atom is 0.127 e. The normalized spacial score (nSPS) is 11.9. The van der Waals surface area contributed by atoms with E-state index in [1.54, 1.807) is 0 Å². The molecule has 0 aromatic heterocycles. The molecule has 0 aliphatic carbocycles. The highest BCUT2D eigenvalue weighted by Gasteiger charge is 2.24. The van der Waals surface area contributed by atoms with Gasteiger partial charge in [-0.2, -0.15) is 0 Å². The van der Waals surface area contributed by atoms with Crippen molar-refractivity contribution in [1.82, 2.24) is 0 Å². The van der Waals surface area contributed by atoms with Crippen LogP contribution in [0.2, 0.25) is 0 Å². The number of phenols is 1. The molecule has 0 heterocycles. The second kappa shape index (κ2) is 5.01. The van der Waals surface area contributed by atoms with Gasteiger partial charge in [-0.1, -0.05) is 70.0 Å². The predicted molar refractivity (Wildman–Crippen MR) is 78.2 cm³/mol. The van der Waals surface area contributed by atoms with Gasteiger partial charge in [0.15, 0.2) is 0 Å². The summed E-state index contributed by atoms with van der Waals surface area (Å²) >= 11 is 0. The first-order chi connectivity index (χ1) is 8.56. The van der Waals surface area contributed by atoms with Crippen LogP contribution >= 0.6 is 0 Å². The first-order valence-corrected chi connectivity index (χ1v) is 6.77. The fraction of sp³-hybridized carbons (Fsp3) is 0.412. The van der Waals surface area contributed by atoms with Crippen LogP contribution in [0.15, 0.2) is 36.4 Å². The van der Waals surface area contributed by atoms with Gasteiger partial charge < -0.3 is 5.11 Å². The first-order valence-electron chi connectivity index (χ1n) is 6.77. The summed E-state index contributed by atoms with van der Waals surface area (Å²) in [6.45, 7) is 6.63. The molecule has 96 valence electrons. The Kier molecular flexibility index (Phi) is 3.60. The van der Waals surface area contributed by atoms with Gasteiger partial charge in [0.2, 0.25) is 0 Å². The number of rotatable bonds is 4. The number of hydrogen-bond acceptors (Lipinski definition) is 1. The molecule has 0 spiro atoms. The van der Waals surface area contributed by atoms with Gasteiger partial charge in [-0.15, -0.1) is 0 Å². The lowest BCUT2D eigenvalue weighted by Gasteiger charge is -2.26. The van der Waals surface area contributed by atoms with Gasteiger partial charge in [0.25, 0.3) is 0 Å². The number of benzene rings is 2. The second-order valence-electron chi connectivity index (χ2n) is 5.67. The van der Waals surface area contributed by atoms with Crippen molar-refractivity contribution < 1.29 is 5.11 Å². The summed E-state index contributed by atoms with van der Waals surface area (Å²) in [5, 5.41) is 12.5. The van der Waals surface area contributed by atoms with E-state index in [2.05, 4.69) is 32.9 Å². The quantitative estimate of drug-likeness (QED) is 0.798. The predicted octanol–water partition coefficient (Wildman–Crippen LogP) is 5.01. The minimum atomic E-state index is 0.0319. The van der Waals surface area contributed by atoms with Gasteiger partial charge in [-0.25, -0.2) is 0 Å². The van der Waals surface area contributed by atoms with Crippen molar-refractivity contribution in [3.05, 3.63) is 42.0 Å². The molecule has 1 nitrogen and oxygen atoms in total. The molecule has 0 aliphatic rings. The van der Waals surface area contributed by atoms with Crippen LogP contribution in [-0.4, -0.2) is 5.11 Å². The zero-order valence-electron chi connectivity index (χ0n) is 11.5. The highest BCUT2D eigenvalue weighted by molar-refractivity contribution is 5.89. The average Bonchev–Trinajstić information content (AvgIpc) is 2.37. The van der Waals surface area contributed by atoms with E-state index in [9.17, 15) is 5.11 Å². The summed E-state index contributed by atoms with van der Waals surface area (Å²) in [7, 11) is 0. The summed E-state index contributed by atoms with van der Waals surface area (Å²) in [5.74, 6) is 0.453. The van der Waals surface area contributed by atoms with Crippen molar-refractivity contribution in [3.63, 3.8) is 0 Å². The third-order valence-electron chi connectivity index (χ3n) is 3.79. The van der Waals surface area contributed by atoms with Crippen LogP contribution in [-0.2, 0) is 5.41 Å². The molecule has 18 heavy (non-hydrogen) atoms. The molecule has 2 aromatic carbocycles. The minimum Gasteiger partial charge on any atom is -0.507 e. The van der Waals surface area contributed by atoms with Crippen molar-refractivity contribution in [2.75, 3.05) is 0 Å². The molecule has 1 heteroatoms. The fourth-order valence-electron chi connectivity index (χ4n) is 2.55. The van der Waals surface area contributed by atoms with Crippen LogP contribution in [0, 0.1) is 0 Å². The Labute approximate surface area is 109 Å². The van der Waals surface area contributed by atoms with Gasteiger partial charge in [-0.3, -0.25) is 0 Å². The van der Waals surface area contributed by atoms with E-state index in [1.807, 2.05) is 24.3 Å². The fourth-order valence-corrected chi connectivity index (χ4v) is 2.55. The third kappa shape index (κ3) is 2.35. The Morgan fingerprint density at radius 1 is 1.06 bits per heavy atom. The molecule has 0 aliphatic heterocycles. The molecule has 2 aromatic rings. The largest absolute Gasteiger partial charge is 0.507 e. The van der Waals surface area contributed by atoms with Gasteiger partial charge in [0.05, 0.1) is 0 Å². The molecule has 0 bridgehead atoms. The van der Waals surface area contributed by atoms with Crippen LogP contribution in [0.3, 0.4) is 0 Å². The molecule has 2 rings (SSSR count). The van der Waals surface area contributed by atoms with Crippen LogP contribution in [0.1, 0.15) is 45.6 Å². The smallest absolute Gasteiger partial charge is 0.127 e. The molecule has 0 fully saturated rings. The maximum atomic E-state index is 10.5. The van der Waals surface area contributed by atoms with E-state index in [1.165, 1.54) is 12.8 Å². The Balaban J connectivity index is 2.48. The Hall–Kier alpha value is -1.50. The van der Waals surface area contributed by atoms with E-state index >= 15 is 0 Å². The number of fused-ring (bicyclic) bond motifs is 1. The van der Waals surface area contributed by atoms with Crippen molar-refractivity contribution in [1.29, 1.82) is 0 Å². The summed E-state index contributed by atoms with van der Waals surface area (Å²) in [4.78, 5) is 0. The number of unbranched alkanes of at least 4 members (excludes halogenated alkanes) is 1. The Bertz CT molecular complexity index is 540. The van der Waals surface area contributed by atoms with Crippen molar-refractivity contribution in [3.8, 4) is 5.75 Å². The maximum absolute atomic E-state index is 10.5. The Morgan fingerprint density at radius 2 is 1.78 bits per heavy atom. The standard InChI is InChI=1S/C17H22O/c1-4-5-12-17(2,3)15-11-10-13-8-6-7-9-14(13)16(15)18/h6-11,18H,4-5,12H2,1-3H3. The number of hydrogen-bond donors (Lipinski definition) is 1. The van der Waals surface area contributed by atoms with E-state index in [-0.39, 0.29) is 5.41 Å². The van der Waals surface area contributed by atoms with Crippen molar-refractivity contribution in [2.24, 2.45) is 0 Å². The molecule has 0 atom stereocenters. The molecule has 1 N–H and O–H groups in total. The van der Waals surface area contributed by atoms with E-state index in [4.69, 9.17) is 0 Å². The number of aromatic hydroxyl groups is 1. The van der Waals surface area contributed by atoms with Crippen LogP contribution in [0.4, 0.5) is 0 Å². The van der Waals surface area contributed by atoms with E-state index in [0.29, 0.717) is 5.75 Å². The molecule has 0 unspecified atom stereocenters. The van der Waals surface area contributed by atoms with Crippen LogP contribution in [0.25, 0.3) is 10.8 Å². The number of phenolic OH excluding ortho intramolecular Hbond substituents is 1. The third-order valence-corrected chi connectivity index (χ3v) is 3.79. The Morgan fingerprint density at radius 3 is 2.50 bits per heavy atom. The van der Waals surface area contributed by atoms with Crippen LogP contribution in [0.5, 0.6) is 5.75 Å². The van der Waals surface area contributed by atoms with Gasteiger partial charge in [0.1, 0.15) is 5.75 Å². The van der Waals surface area contributed by atoms with Crippen LogP contribution < -0.4 is 0 Å². The van der Waals surface area contributed by atoms with Gasteiger partial charge in [-0.05, 0) is 17.2 Å². The molecule has 0 saturated heterocycles. The lowest BCUT2D eigenvalue weighted by molar-refractivity contribution is 0.415. The van der Waals surface area contributed by atoms with E-state index < -0.39 is 0 Å². The topological polar surface area (TPSA) is 20.2 Å². The van der Waals surface area contributed by atoms with Crippen molar-refractivity contribution >= 4 is 10.8 Å². The summed E-state index contributed by atoms with van der Waals surface area (Å²) in [6.07, 6.45) is 3.49. The minimum absolute atomic E-state index is 0.0319. The zero-order chi connectivity index (χ0) is 13.2. The highest BCUT2D eigenvalue weighted by atomic mass is 16.3. The molecule has 0 amide bonds. The average molecular weight is 242 g/mol.